The average molecular weight is 1060 g/mol. The second-order valence-electron chi connectivity index (χ2n) is 22.0. The normalized spacial score (nSPS) is 22.6. The first-order valence-corrected chi connectivity index (χ1v) is 27.3. The Labute approximate surface area is 444 Å². The van der Waals surface area contributed by atoms with Crippen LogP contribution in [0.3, 0.4) is 0 Å². The van der Waals surface area contributed by atoms with Crippen LogP contribution in [0.15, 0.2) is 60.2 Å². The molecule has 0 spiro atoms. The summed E-state index contributed by atoms with van der Waals surface area (Å²) < 4.78 is 39.0. The number of ether oxygens (including phenoxy) is 1. The van der Waals surface area contributed by atoms with Crippen LogP contribution in [-0.4, -0.2) is 133 Å². The fraction of sp³-hybridized carbons (Fsp3) is 0.491. The summed E-state index contributed by atoms with van der Waals surface area (Å²) in [7, 11) is 0. The highest BCUT2D eigenvalue weighted by Gasteiger charge is 2.45. The zero-order valence-electron chi connectivity index (χ0n) is 43.2. The van der Waals surface area contributed by atoms with Gasteiger partial charge < -0.3 is 40.6 Å². The number of aliphatic hydroxyl groups excluding tert-OH is 1. The van der Waals surface area contributed by atoms with Crippen LogP contribution in [0.1, 0.15) is 90.4 Å². The van der Waals surface area contributed by atoms with Crippen LogP contribution in [0.25, 0.3) is 43.5 Å². The number of rotatable bonds is 16. The number of benzene rings is 2. The lowest BCUT2D eigenvalue weighted by molar-refractivity contribution is -0.144. The number of carbonyl (C=O) groups is 3. The van der Waals surface area contributed by atoms with Gasteiger partial charge in [-0.05, 0) is 86.1 Å². The summed E-state index contributed by atoms with van der Waals surface area (Å²) in [6, 6.07) is 12.6. The third-order valence-corrected chi connectivity index (χ3v) is 16.6. The number of unbranched alkanes of at least 4 members (excludes halogenated alkanes) is 1. The zero-order chi connectivity index (χ0) is 52.9. The number of nitrogens with one attached hydrogen (secondary N) is 4. The number of aliphatic hydroxyl groups is 1. The minimum Gasteiger partial charge on any atom is -0.462 e. The van der Waals surface area contributed by atoms with Gasteiger partial charge in [-0.15, -0.1) is 11.3 Å². The second kappa shape index (κ2) is 21.5. The lowest BCUT2D eigenvalue weighted by Gasteiger charge is -2.46. The number of H-pyrrole nitrogens is 1. The van der Waals surface area contributed by atoms with Gasteiger partial charge in [-0.2, -0.15) is 9.97 Å². The van der Waals surface area contributed by atoms with Crippen LogP contribution in [0.4, 0.5) is 14.6 Å². The summed E-state index contributed by atoms with van der Waals surface area (Å²) in [5.74, 6) is -1.50. The standard InChI is InChI=1S/C55H65F2N11O5S2/c1-29-23-66(19-8-7-12-42(70)62-50(55(4,5)6)53(72)68-26-37(69)21-40(68)52(71)60-30(2)32-13-15-33(16-14-32)49-31(3)59-28-75-49)41(29)27-73-54-64-46-38(51(65-54)67-24-35-17-18-36(25-67)61-35)22-58-48(45(46)57)47-44-34(20-43(74)63-47)10-9-11-39(44)56/h9-11,13-16,20,22,28-30,35-37,40-41,50,61,69H,7-8,12,17-19,21,23-27H2,1-6H3,(H,60,71)(H,62,70)(H,63,74)/t29-,30+,35?,36?,37-,40+,41-,50-/m1/s1. The molecule has 2 unspecified atom stereocenters. The number of amides is 3. The van der Waals surface area contributed by atoms with E-state index in [2.05, 4.69) is 52.6 Å². The lowest BCUT2D eigenvalue weighted by Crippen LogP contribution is -2.58. The molecule has 0 radical (unpaired) electrons. The van der Waals surface area contributed by atoms with E-state index in [0.29, 0.717) is 53.7 Å². The van der Waals surface area contributed by atoms with E-state index in [1.165, 1.54) is 11.0 Å². The van der Waals surface area contributed by atoms with Gasteiger partial charge in [0.1, 0.15) is 46.2 Å². The van der Waals surface area contributed by atoms with Crippen LogP contribution in [-0.2, 0) is 14.4 Å². The first-order valence-electron chi connectivity index (χ1n) is 26.0. The van der Waals surface area contributed by atoms with Gasteiger partial charge in [-0.3, -0.25) is 24.3 Å². The molecule has 4 saturated heterocycles. The Kier molecular flexibility index (Phi) is 15.0. The van der Waals surface area contributed by atoms with Crippen LogP contribution < -0.4 is 25.6 Å². The number of carbonyl (C=O) groups excluding carboxylic acids is 3. The molecule has 4 aliphatic heterocycles. The van der Waals surface area contributed by atoms with Crippen molar-refractivity contribution in [1.29, 1.82) is 0 Å². The SMILES string of the molecule is Cc1ncsc1-c1ccc([C@H](C)NC(=O)[C@@H]2C[C@@H](O)CN2C(=O)[C@@H](NC(=O)CCCCN2C[C@@H](C)[C@H]2COc2nc(N3CC4CCC(C3)N4)c3cnc(-c4[nH]c(=S)cc5cccc(F)c45)c(F)c3n2)C(C)(C)C)cc1. The van der Waals surface area contributed by atoms with Crippen molar-refractivity contribution in [2.75, 3.05) is 44.2 Å². The molecule has 4 aromatic heterocycles. The molecule has 8 heterocycles. The monoisotopic (exact) mass is 1060 g/mol. The van der Waals surface area contributed by atoms with Crippen LogP contribution >= 0.6 is 23.6 Å². The van der Waals surface area contributed by atoms with E-state index in [1.807, 2.05) is 64.4 Å². The highest BCUT2D eigenvalue weighted by atomic mass is 32.1. The molecule has 75 heavy (non-hydrogen) atoms. The summed E-state index contributed by atoms with van der Waals surface area (Å²) in [6.45, 7) is 14.7. The summed E-state index contributed by atoms with van der Waals surface area (Å²) in [5, 5.41) is 21.6. The van der Waals surface area contributed by atoms with Gasteiger partial charge in [0.25, 0.3) is 0 Å². The van der Waals surface area contributed by atoms with Gasteiger partial charge in [-0.25, -0.2) is 13.8 Å². The molecular formula is C55H65F2N11O5S2. The summed E-state index contributed by atoms with van der Waals surface area (Å²) in [4.78, 5) is 70.1. The molecule has 2 aromatic carbocycles. The maximum absolute atomic E-state index is 17.0. The second-order valence-corrected chi connectivity index (χ2v) is 23.3. The highest BCUT2D eigenvalue weighted by molar-refractivity contribution is 7.71. The van der Waals surface area contributed by atoms with E-state index in [0.717, 1.165) is 41.1 Å². The van der Waals surface area contributed by atoms with E-state index in [9.17, 15) is 19.5 Å². The predicted octanol–water partition coefficient (Wildman–Crippen LogP) is 7.79. The molecule has 6 aromatic rings. The van der Waals surface area contributed by atoms with Gasteiger partial charge in [0.05, 0.1) is 39.3 Å². The number of nitrogens with zero attached hydrogens (tertiary/aromatic N) is 7. The first kappa shape index (κ1) is 52.4. The Hall–Kier alpha value is -6.06. The van der Waals surface area contributed by atoms with Gasteiger partial charge in [0.15, 0.2) is 5.82 Å². The number of hydrogen-bond donors (Lipinski definition) is 5. The Morgan fingerprint density at radius 1 is 1.00 bits per heavy atom. The molecule has 16 nitrogen and oxygen atoms in total. The number of piperazine rings is 1. The number of aryl methyl sites for hydroxylation is 1. The van der Waals surface area contributed by atoms with Crippen molar-refractivity contribution in [2.45, 2.75) is 122 Å². The summed E-state index contributed by atoms with van der Waals surface area (Å²) >= 11 is 7.03. The van der Waals surface area contributed by atoms with E-state index in [4.69, 9.17) is 21.9 Å². The summed E-state index contributed by atoms with van der Waals surface area (Å²) in [6.07, 6.45) is 4.29. The number of halogens is 2. The smallest absolute Gasteiger partial charge is 0.319 e. The minimum atomic E-state index is -0.932. The predicted molar refractivity (Wildman–Crippen MR) is 288 cm³/mol. The first-order chi connectivity index (χ1) is 35.9. The quantitative estimate of drug-likeness (QED) is 0.0466. The zero-order valence-corrected chi connectivity index (χ0v) is 44.8. The molecule has 0 saturated carbocycles. The average Bonchev–Trinajstić information content (AvgIpc) is 4.09. The van der Waals surface area contributed by atoms with E-state index >= 15 is 8.78 Å². The van der Waals surface area contributed by atoms with Crippen molar-refractivity contribution in [3.8, 4) is 27.8 Å². The van der Waals surface area contributed by atoms with Crippen LogP contribution in [0, 0.1) is 34.5 Å². The molecule has 10 rings (SSSR count). The minimum absolute atomic E-state index is 0.0130. The Balaban J connectivity index is 0.763. The summed E-state index contributed by atoms with van der Waals surface area (Å²) in [5.41, 5.74) is 4.06. The van der Waals surface area contributed by atoms with Crippen molar-refractivity contribution in [3.05, 3.63) is 87.8 Å². The largest absolute Gasteiger partial charge is 0.462 e. The molecule has 4 aliphatic rings. The number of hydrogen-bond acceptors (Lipinski definition) is 14. The number of likely N-dealkylation sites (tertiary alicyclic amines) is 2. The van der Waals surface area contributed by atoms with Gasteiger partial charge >= 0.3 is 6.01 Å². The van der Waals surface area contributed by atoms with Crippen molar-refractivity contribution in [3.63, 3.8) is 0 Å². The fourth-order valence-electron chi connectivity index (χ4n) is 11.3. The number of aromatic amines is 1. The van der Waals surface area contributed by atoms with Gasteiger partial charge in [0.2, 0.25) is 17.7 Å². The van der Waals surface area contributed by atoms with E-state index in [-0.39, 0.29) is 96.2 Å². The molecule has 20 heteroatoms. The number of thiazole rings is 1. The van der Waals surface area contributed by atoms with Gasteiger partial charge in [0, 0.05) is 68.7 Å². The Morgan fingerprint density at radius 2 is 1.76 bits per heavy atom. The van der Waals surface area contributed by atoms with E-state index < -0.39 is 41.1 Å². The molecule has 3 amide bonds. The topological polar surface area (TPSA) is 194 Å². The lowest BCUT2D eigenvalue weighted by atomic mass is 9.85. The number of aromatic nitrogens is 5. The fourth-order valence-corrected chi connectivity index (χ4v) is 12.4. The molecule has 2 bridgehead atoms. The molecular weight excluding hydrogens is 997 g/mol. The maximum atomic E-state index is 17.0. The van der Waals surface area contributed by atoms with Crippen molar-refractivity contribution >= 4 is 68.8 Å². The molecule has 396 valence electrons. The van der Waals surface area contributed by atoms with Crippen LogP contribution in [0.2, 0.25) is 0 Å². The molecule has 4 fully saturated rings. The number of anilines is 1. The number of fused-ring (bicyclic) bond motifs is 4. The Bertz CT molecular complexity index is 3170. The van der Waals surface area contributed by atoms with E-state index in [1.54, 1.807) is 35.7 Å². The molecule has 5 N–H and O–H groups in total. The van der Waals surface area contributed by atoms with Crippen LogP contribution in [0.5, 0.6) is 6.01 Å². The van der Waals surface area contributed by atoms with Crippen molar-refractivity contribution < 1.29 is 33.0 Å². The third-order valence-electron chi connectivity index (χ3n) is 15.4. The maximum Gasteiger partial charge on any atom is 0.319 e. The van der Waals surface area contributed by atoms with Crippen molar-refractivity contribution in [1.82, 2.24) is 50.7 Å². The third kappa shape index (κ3) is 11.0. The highest BCUT2D eigenvalue weighted by Crippen LogP contribution is 2.37. The van der Waals surface area contributed by atoms with Crippen molar-refractivity contribution in [2.24, 2.45) is 11.3 Å². The van der Waals surface area contributed by atoms with Gasteiger partial charge in [-0.1, -0.05) is 76.3 Å². The molecule has 0 aliphatic carbocycles. The number of pyridine rings is 2. The Morgan fingerprint density at radius 3 is 2.47 bits per heavy atom. The number of β-amino-alcohol motifs (C(OH)–C–C–N with tert-alkyl or cyclic N) is 1. The molecule has 8 atom stereocenters.